The molecule has 0 N–H and O–H groups in total. The Bertz CT molecular complexity index is 603. The highest BCUT2D eigenvalue weighted by Gasteiger charge is 2.08. The average Bonchev–Trinajstić information content (AvgIpc) is 2.93. The summed E-state index contributed by atoms with van der Waals surface area (Å²) in [6.45, 7) is 1.48. The van der Waals surface area contributed by atoms with Gasteiger partial charge in [-0.2, -0.15) is 0 Å². The average molecular weight is 308 g/mol. The number of nitro benzene ring substituents is 1. The smallest absolute Gasteiger partial charge is 0.269 e. The Labute approximate surface area is 126 Å². The lowest BCUT2D eigenvalue weighted by atomic mass is 10.2. The van der Waals surface area contributed by atoms with Gasteiger partial charge >= 0.3 is 0 Å². The maximum absolute atomic E-state index is 10.7. The second-order valence-electron chi connectivity index (χ2n) is 4.37. The molecule has 112 valence electrons. The molecule has 7 nitrogen and oxygen atoms in total. The minimum Gasteiger partial charge on any atom is -0.385 e. The number of benzene rings is 1. The third kappa shape index (κ3) is 4.54. The van der Waals surface area contributed by atoms with E-state index in [0.29, 0.717) is 12.4 Å². The Morgan fingerprint density at radius 1 is 1.48 bits per heavy atom. The van der Waals surface area contributed by atoms with Crippen LogP contribution < -0.4 is 0 Å². The fourth-order valence-corrected chi connectivity index (χ4v) is 2.68. The molecule has 0 unspecified atom stereocenters. The van der Waals surface area contributed by atoms with Gasteiger partial charge in [0.2, 0.25) is 0 Å². The van der Waals surface area contributed by atoms with Gasteiger partial charge in [-0.3, -0.25) is 10.1 Å². The molecule has 21 heavy (non-hydrogen) atoms. The van der Waals surface area contributed by atoms with Gasteiger partial charge in [-0.1, -0.05) is 23.9 Å². The van der Waals surface area contributed by atoms with Gasteiger partial charge in [-0.25, -0.2) is 0 Å². The third-order valence-electron chi connectivity index (χ3n) is 2.82. The number of nitrogens with zero attached hydrogens (tertiary/aromatic N) is 4. The first-order valence-electron chi connectivity index (χ1n) is 6.43. The summed E-state index contributed by atoms with van der Waals surface area (Å²) in [5.74, 6) is 0.616. The van der Waals surface area contributed by atoms with Crippen LogP contribution in [0.4, 0.5) is 5.69 Å². The number of ether oxygens (including phenoxy) is 1. The fraction of sp³-hybridized carbons (Fsp3) is 0.385. The molecule has 0 saturated heterocycles. The summed E-state index contributed by atoms with van der Waals surface area (Å²) in [6, 6.07) is 6.63. The molecule has 0 saturated carbocycles. The number of aryl methyl sites for hydroxylation is 1. The highest BCUT2D eigenvalue weighted by Crippen LogP contribution is 2.23. The molecule has 8 heteroatoms. The summed E-state index contributed by atoms with van der Waals surface area (Å²) >= 11 is 1.51. The molecular weight excluding hydrogens is 292 g/mol. The van der Waals surface area contributed by atoms with Crippen LogP contribution in [0.2, 0.25) is 0 Å². The van der Waals surface area contributed by atoms with E-state index >= 15 is 0 Å². The van der Waals surface area contributed by atoms with E-state index in [4.69, 9.17) is 4.74 Å². The molecule has 0 fully saturated rings. The lowest BCUT2D eigenvalue weighted by Gasteiger charge is -2.05. The molecule has 0 aliphatic heterocycles. The van der Waals surface area contributed by atoms with Gasteiger partial charge in [0.1, 0.15) is 6.33 Å². The highest BCUT2D eigenvalue weighted by molar-refractivity contribution is 7.98. The van der Waals surface area contributed by atoms with Crippen LogP contribution in [0.25, 0.3) is 0 Å². The Hall–Kier alpha value is -1.93. The number of non-ortho nitro benzene ring substituents is 1. The minimum atomic E-state index is -0.387. The van der Waals surface area contributed by atoms with Crippen molar-refractivity contribution in [2.45, 2.75) is 23.9 Å². The largest absolute Gasteiger partial charge is 0.385 e. The zero-order valence-corrected chi connectivity index (χ0v) is 12.5. The second-order valence-corrected chi connectivity index (χ2v) is 5.31. The first-order chi connectivity index (χ1) is 10.2. The number of methoxy groups -OCH3 is 1. The first-order valence-corrected chi connectivity index (χ1v) is 7.42. The normalized spacial score (nSPS) is 10.7. The zero-order valence-electron chi connectivity index (χ0n) is 11.6. The molecule has 0 spiro atoms. The second kappa shape index (κ2) is 7.75. The van der Waals surface area contributed by atoms with E-state index in [9.17, 15) is 10.1 Å². The molecule has 0 atom stereocenters. The van der Waals surface area contributed by atoms with Crippen molar-refractivity contribution in [1.82, 2.24) is 14.8 Å². The summed E-state index contributed by atoms with van der Waals surface area (Å²) in [7, 11) is 1.67. The summed E-state index contributed by atoms with van der Waals surface area (Å²) < 4.78 is 6.98. The Morgan fingerprint density at radius 3 is 3.10 bits per heavy atom. The number of aromatic nitrogens is 3. The van der Waals surface area contributed by atoms with Gasteiger partial charge in [0.25, 0.3) is 5.69 Å². The predicted octanol–water partition coefficient (Wildman–Crippen LogP) is 2.52. The maximum atomic E-state index is 10.7. The lowest BCUT2D eigenvalue weighted by Crippen LogP contribution is -2.02. The number of nitro groups is 1. The highest BCUT2D eigenvalue weighted by atomic mass is 32.2. The number of rotatable bonds is 8. The molecular formula is C13H16N4O3S. The van der Waals surface area contributed by atoms with Crippen molar-refractivity contribution >= 4 is 17.4 Å². The maximum Gasteiger partial charge on any atom is 0.269 e. The van der Waals surface area contributed by atoms with Crippen molar-refractivity contribution < 1.29 is 9.66 Å². The van der Waals surface area contributed by atoms with Crippen LogP contribution in [-0.2, 0) is 17.0 Å². The van der Waals surface area contributed by atoms with Crippen molar-refractivity contribution in [2.75, 3.05) is 13.7 Å². The molecule has 0 bridgehead atoms. The van der Waals surface area contributed by atoms with E-state index in [2.05, 4.69) is 10.2 Å². The number of hydrogen-bond donors (Lipinski definition) is 0. The first kappa shape index (κ1) is 15.5. The Balaban J connectivity index is 1.95. The molecule has 2 rings (SSSR count). The van der Waals surface area contributed by atoms with Crippen molar-refractivity contribution in [3.63, 3.8) is 0 Å². The van der Waals surface area contributed by atoms with Gasteiger partial charge < -0.3 is 9.30 Å². The molecule has 1 aromatic carbocycles. The van der Waals surface area contributed by atoms with Crippen LogP contribution in [0, 0.1) is 10.1 Å². The molecule has 0 aliphatic carbocycles. The Morgan fingerprint density at radius 2 is 2.33 bits per heavy atom. The van der Waals surface area contributed by atoms with Gasteiger partial charge in [-0.15, -0.1) is 10.2 Å². The van der Waals surface area contributed by atoms with E-state index < -0.39 is 0 Å². The minimum absolute atomic E-state index is 0.106. The van der Waals surface area contributed by atoms with Gasteiger partial charge in [-0.05, 0) is 12.0 Å². The van der Waals surface area contributed by atoms with Crippen LogP contribution in [0.5, 0.6) is 0 Å². The summed E-state index contributed by atoms with van der Waals surface area (Å²) in [5.41, 5.74) is 0.996. The van der Waals surface area contributed by atoms with E-state index in [1.165, 1.54) is 17.8 Å². The van der Waals surface area contributed by atoms with E-state index in [1.54, 1.807) is 25.6 Å². The van der Waals surface area contributed by atoms with E-state index in [1.807, 2.05) is 10.6 Å². The number of hydrogen-bond acceptors (Lipinski definition) is 6. The standard InChI is InChI=1S/C13H16N4O3S/c1-20-7-3-6-16-10-14-15-13(16)21-9-11-4-2-5-12(8-11)17(18)19/h2,4-5,8,10H,3,6-7,9H2,1H3. The quantitative estimate of drug-likeness (QED) is 0.322. The van der Waals surface area contributed by atoms with E-state index in [-0.39, 0.29) is 10.6 Å². The van der Waals surface area contributed by atoms with Gasteiger partial charge in [0.15, 0.2) is 5.16 Å². The molecule has 0 aliphatic rings. The van der Waals surface area contributed by atoms with Crippen LogP contribution in [0.1, 0.15) is 12.0 Å². The molecule has 0 radical (unpaired) electrons. The molecule has 1 heterocycles. The van der Waals surface area contributed by atoms with Crippen molar-refractivity contribution in [1.29, 1.82) is 0 Å². The molecule has 1 aromatic heterocycles. The fourth-order valence-electron chi connectivity index (χ4n) is 1.80. The van der Waals surface area contributed by atoms with Gasteiger partial charge in [0.05, 0.1) is 4.92 Å². The molecule has 2 aromatic rings. The van der Waals surface area contributed by atoms with Crippen molar-refractivity contribution in [3.05, 3.63) is 46.3 Å². The van der Waals surface area contributed by atoms with Crippen molar-refractivity contribution in [3.8, 4) is 0 Å². The van der Waals surface area contributed by atoms with Crippen LogP contribution >= 0.6 is 11.8 Å². The third-order valence-corrected chi connectivity index (χ3v) is 3.87. The predicted molar refractivity (Wildman–Crippen MR) is 79.2 cm³/mol. The summed E-state index contributed by atoms with van der Waals surface area (Å²) in [5, 5.41) is 19.5. The molecule has 0 amide bonds. The van der Waals surface area contributed by atoms with Crippen LogP contribution in [-0.4, -0.2) is 33.4 Å². The zero-order chi connectivity index (χ0) is 15.1. The lowest BCUT2D eigenvalue weighted by molar-refractivity contribution is -0.384. The monoisotopic (exact) mass is 308 g/mol. The summed E-state index contributed by atoms with van der Waals surface area (Å²) in [4.78, 5) is 10.4. The van der Waals surface area contributed by atoms with Gasteiger partial charge in [0, 0.05) is 38.1 Å². The van der Waals surface area contributed by atoms with Crippen LogP contribution in [0.15, 0.2) is 35.7 Å². The number of thioether (sulfide) groups is 1. The Kier molecular flexibility index (Phi) is 5.70. The topological polar surface area (TPSA) is 83.1 Å². The summed E-state index contributed by atoms with van der Waals surface area (Å²) in [6.07, 6.45) is 2.57. The van der Waals surface area contributed by atoms with Crippen molar-refractivity contribution in [2.24, 2.45) is 0 Å². The van der Waals surface area contributed by atoms with Crippen LogP contribution in [0.3, 0.4) is 0 Å². The van der Waals surface area contributed by atoms with E-state index in [0.717, 1.165) is 23.7 Å². The SMILES string of the molecule is COCCCn1cnnc1SCc1cccc([N+](=O)[O-])c1.